The fraction of sp³-hybridized carbons (Fsp3) is 0.276. The molecule has 5 rings (SSSR count). The van der Waals surface area contributed by atoms with Crippen LogP contribution < -0.4 is 24.4 Å². The van der Waals surface area contributed by atoms with Crippen molar-refractivity contribution >= 4 is 50.2 Å². The van der Waals surface area contributed by atoms with Gasteiger partial charge in [0, 0.05) is 34.2 Å². The van der Waals surface area contributed by atoms with Crippen molar-refractivity contribution in [2.45, 2.75) is 26.8 Å². The van der Waals surface area contributed by atoms with Crippen molar-refractivity contribution in [3.05, 3.63) is 89.2 Å². The summed E-state index contributed by atoms with van der Waals surface area (Å²) in [6.45, 7) is 6.05. The molecule has 0 aliphatic carbocycles. The normalized spacial score (nSPS) is 15.3. The van der Waals surface area contributed by atoms with E-state index in [9.17, 15) is 9.59 Å². The summed E-state index contributed by atoms with van der Waals surface area (Å²) in [5.74, 6) is 0.523. The minimum atomic E-state index is -0.783. The number of benzene rings is 2. The second-order valence-electron chi connectivity index (χ2n) is 8.97. The van der Waals surface area contributed by atoms with Gasteiger partial charge in [0.05, 0.1) is 42.2 Å². The number of esters is 1. The van der Waals surface area contributed by atoms with Crippen molar-refractivity contribution in [2.75, 3.05) is 20.3 Å². The number of hydrogen-bond acceptors (Lipinski definition) is 7. The third-order valence-electron chi connectivity index (χ3n) is 6.61. The lowest BCUT2D eigenvalue weighted by molar-refractivity contribution is -0.139. The number of ether oxygens (including phenoxy) is 3. The van der Waals surface area contributed by atoms with Crippen LogP contribution in [0.1, 0.15) is 37.9 Å². The summed E-state index contributed by atoms with van der Waals surface area (Å²) < 4.78 is 21.5. The highest BCUT2D eigenvalue weighted by Gasteiger charge is 2.35. The number of allylic oxidation sites excluding steroid dienone is 1. The zero-order valence-electron chi connectivity index (χ0n) is 22.3. The molecule has 39 heavy (non-hydrogen) atoms. The van der Waals surface area contributed by atoms with Crippen LogP contribution >= 0.6 is 27.3 Å². The van der Waals surface area contributed by atoms with Gasteiger partial charge in [0.25, 0.3) is 5.56 Å². The molecule has 0 saturated heterocycles. The van der Waals surface area contributed by atoms with Gasteiger partial charge in [-0.05, 0) is 50.6 Å². The Morgan fingerprint density at radius 2 is 1.95 bits per heavy atom. The highest BCUT2D eigenvalue weighted by atomic mass is 79.9. The predicted molar refractivity (Wildman–Crippen MR) is 155 cm³/mol. The standard InChI is InChI=1S/C29H28BrN3O5S/c1-6-37-23-14-20(30)19(13-22(23)36-5)26-25(28(35)38-7-2)16(3)31-29-33(26)27(34)24(39-29)12-17-15-32(4)21-11-9-8-10-18(17)21/h8-15,26H,6-7H2,1-5H3/b24-12+/t26-/m0/s1. The zero-order chi connectivity index (χ0) is 27.8. The van der Waals surface area contributed by atoms with Crippen LogP contribution in [0.3, 0.4) is 0 Å². The van der Waals surface area contributed by atoms with Crippen molar-refractivity contribution in [1.29, 1.82) is 0 Å². The first-order chi connectivity index (χ1) is 18.8. The molecule has 8 nitrogen and oxygen atoms in total. The van der Waals surface area contributed by atoms with E-state index in [4.69, 9.17) is 14.2 Å². The molecular formula is C29H28BrN3O5S. The maximum absolute atomic E-state index is 14.0. The smallest absolute Gasteiger partial charge is 0.338 e. The lowest BCUT2D eigenvalue weighted by Crippen LogP contribution is -2.40. The Morgan fingerprint density at radius 3 is 2.67 bits per heavy atom. The second-order valence-corrected chi connectivity index (χ2v) is 10.8. The third kappa shape index (κ3) is 4.72. The number of methoxy groups -OCH3 is 1. The van der Waals surface area contributed by atoms with Crippen LogP contribution in [0.2, 0.25) is 0 Å². The third-order valence-corrected chi connectivity index (χ3v) is 8.28. The van der Waals surface area contributed by atoms with Crippen LogP contribution in [-0.4, -0.2) is 35.4 Å². The lowest BCUT2D eigenvalue weighted by Gasteiger charge is -2.26. The minimum Gasteiger partial charge on any atom is -0.493 e. The molecule has 202 valence electrons. The van der Waals surface area contributed by atoms with Gasteiger partial charge in [0.1, 0.15) is 0 Å². The Kier molecular flexibility index (Phi) is 7.51. The largest absolute Gasteiger partial charge is 0.493 e. The zero-order valence-corrected chi connectivity index (χ0v) is 24.7. The van der Waals surface area contributed by atoms with E-state index in [2.05, 4.69) is 20.9 Å². The Bertz CT molecular complexity index is 1810. The lowest BCUT2D eigenvalue weighted by atomic mass is 9.95. The molecule has 0 radical (unpaired) electrons. The highest BCUT2D eigenvalue weighted by Crippen LogP contribution is 2.41. The first-order valence-electron chi connectivity index (χ1n) is 12.5. The molecule has 0 bridgehead atoms. The molecule has 2 aromatic heterocycles. The van der Waals surface area contributed by atoms with Gasteiger partial charge in [-0.2, -0.15) is 0 Å². The molecule has 0 amide bonds. The number of para-hydroxylation sites is 1. The molecule has 1 aliphatic heterocycles. The van der Waals surface area contributed by atoms with E-state index in [0.717, 1.165) is 16.5 Å². The van der Waals surface area contributed by atoms with Crippen LogP contribution in [0, 0.1) is 0 Å². The van der Waals surface area contributed by atoms with E-state index in [1.165, 1.54) is 11.3 Å². The Labute approximate surface area is 237 Å². The Hall–Kier alpha value is -3.63. The summed E-state index contributed by atoms with van der Waals surface area (Å²) in [6, 6.07) is 10.8. The monoisotopic (exact) mass is 609 g/mol. The molecule has 1 aliphatic rings. The summed E-state index contributed by atoms with van der Waals surface area (Å²) in [7, 11) is 3.53. The number of carbonyl (C=O) groups is 1. The molecular weight excluding hydrogens is 582 g/mol. The fourth-order valence-electron chi connectivity index (χ4n) is 4.90. The summed E-state index contributed by atoms with van der Waals surface area (Å²) in [4.78, 5) is 32.5. The van der Waals surface area contributed by atoms with Crippen LogP contribution in [-0.2, 0) is 16.6 Å². The highest BCUT2D eigenvalue weighted by molar-refractivity contribution is 9.10. The summed E-state index contributed by atoms with van der Waals surface area (Å²) in [5, 5.41) is 1.05. The molecule has 4 aromatic rings. The molecule has 3 heterocycles. The molecule has 0 saturated carbocycles. The quantitative estimate of drug-likeness (QED) is 0.289. The molecule has 0 spiro atoms. The molecule has 0 N–H and O–H groups in total. The van der Waals surface area contributed by atoms with Gasteiger partial charge in [-0.15, -0.1) is 0 Å². The first kappa shape index (κ1) is 27.0. The molecule has 10 heteroatoms. The van der Waals surface area contributed by atoms with Crippen LogP contribution in [0.4, 0.5) is 0 Å². The van der Waals surface area contributed by atoms with Gasteiger partial charge >= 0.3 is 5.97 Å². The maximum Gasteiger partial charge on any atom is 0.338 e. The number of halogens is 1. The van der Waals surface area contributed by atoms with Crippen molar-refractivity contribution in [2.24, 2.45) is 12.0 Å². The van der Waals surface area contributed by atoms with E-state index in [1.54, 1.807) is 37.7 Å². The van der Waals surface area contributed by atoms with Crippen molar-refractivity contribution in [1.82, 2.24) is 9.13 Å². The van der Waals surface area contributed by atoms with Crippen molar-refractivity contribution in [3.63, 3.8) is 0 Å². The number of fused-ring (bicyclic) bond motifs is 2. The number of carbonyl (C=O) groups excluding carboxylic acids is 1. The topological polar surface area (TPSA) is 84.1 Å². The van der Waals surface area contributed by atoms with E-state index in [1.807, 2.05) is 55.1 Å². The van der Waals surface area contributed by atoms with Gasteiger partial charge < -0.3 is 18.8 Å². The molecule has 0 unspecified atom stereocenters. The van der Waals surface area contributed by atoms with Crippen LogP contribution in [0.5, 0.6) is 11.5 Å². The number of nitrogens with zero attached hydrogens (tertiary/aromatic N) is 3. The maximum atomic E-state index is 14.0. The van der Waals surface area contributed by atoms with Gasteiger partial charge in [-0.3, -0.25) is 9.36 Å². The summed E-state index contributed by atoms with van der Waals surface area (Å²) in [5.41, 5.74) is 3.21. The Morgan fingerprint density at radius 1 is 1.18 bits per heavy atom. The minimum absolute atomic E-state index is 0.196. The van der Waals surface area contributed by atoms with Gasteiger partial charge in [0.15, 0.2) is 16.3 Å². The number of rotatable bonds is 7. The molecule has 2 aromatic carbocycles. The van der Waals surface area contributed by atoms with Gasteiger partial charge in [-0.25, -0.2) is 9.79 Å². The van der Waals surface area contributed by atoms with E-state index < -0.39 is 12.0 Å². The van der Waals surface area contributed by atoms with Crippen molar-refractivity contribution < 1.29 is 19.0 Å². The van der Waals surface area contributed by atoms with Gasteiger partial charge in [-0.1, -0.05) is 45.5 Å². The van der Waals surface area contributed by atoms with Crippen molar-refractivity contribution in [3.8, 4) is 11.5 Å². The molecule has 1 atom stereocenters. The number of aryl methyl sites for hydroxylation is 1. The number of hydrogen-bond donors (Lipinski definition) is 0. The van der Waals surface area contributed by atoms with Crippen LogP contribution in [0.25, 0.3) is 17.0 Å². The van der Waals surface area contributed by atoms with E-state index in [-0.39, 0.29) is 12.2 Å². The molecule has 0 fully saturated rings. The number of thiazole rings is 1. The number of aromatic nitrogens is 2. The van der Waals surface area contributed by atoms with E-state index >= 15 is 0 Å². The van der Waals surface area contributed by atoms with E-state index in [0.29, 0.717) is 48.7 Å². The summed E-state index contributed by atoms with van der Waals surface area (Å²) >= 11 is 4.95. The summed E-state index contributed by atoms with van der Waals surface area (Å²) in [6.07, 6.45) is 3.89. The average Bonchev–Trinajstić information content (AvgIpc) is 3.39. The van der Waals surface area contributed by atoms with Crippen LogP contribution in [0.15, 0.2) is 68.1 Å². The van der Waals surface area contributed by atoms with Gasteiger partial charge in [0.2, 0.25) is 0 Å². The Balaban J connectivity index is 1.77. The SMILES string of the molecule is CCOC(=O)C1=C(C)N=c2s/c(=C/c3cn(C)c4ccccc34)c(=O)n2[C@H]1c1cc(OC)c(OCC)cc1Br. The average molecular weight is 611 g/mol. The second kappa shape index (κ2) is 10.9. The first-order valence-corrected chi connectivity index (χ1v) is 14.1. The fourth-order valence-corrected chi connectivity index (χ4v) is 6.48. The predicted octanol–water partition coefficient (Wildman–Crippen LogP) is 4.46.